The molecule has 0 amide bonds. The van der Waals surface area contributed by atoms with E-state index in [9.17, 15) is 0 Å². The van der Waals surface area contributed by atoms with Crippen molar-refractivity contribution < 1.29 is 4.74 Å². The van der Waals surface area contributed by atoms with E-state index in [0.29, 0.717) is 12.5 Å². The molecule has 1 unspecified atom stereocenters. The summed E-state index contributed by atoms with van der Waals surface area (Å²) in [5, 5.41) is 0.109. The van der Waals surface area contributed by atoms with Crippen LogP contribution in [0.5, 0.6) is 5.88 Å². The van der Waals surface area contributed by atoms with Crippen LogP contribution >= 0.6 is 11.6 Å². The van der Waals surface area contributed by atoms with E-state index in [1.807, 2.05) is 0 Å². The molecule has 0 aromatic carbocycles. The van der Waals surface area contributed by atoms with Crippen molar-refractivity contribution in [2.45, 2.75) is 24.6 Å². The van der Waals surface area contributed by atoms with Crippen LogP contribution in [-0.2, 0) is 0 Å². The van der Waals surface area contributed by atoms with E-state index in [1.165, 1.54) is 6.33 Å². The minimum atomic E-state index is -1.32. The fourth-order valence-electron chi connectivity index (χ4n) is 0.772. The lowest BCUT2D eigenvalue weighted by molar-refractivity contribution is 0.318. The van der Waals surface area contributed by atoms with Gasteiger partial charge in [-0.05, 0) is 0 Å². The van der Waals surface area contributed by atoms with Gasteiger partial charge in [0.25, 0.3) is 0 Å². The first-order chi connectivity index (χ1) is 6.50. The second-order valence-corrected chi connectivity index (χ2v) is 10.5. The van der Waals surface area contributed by atoms with Gasteiger partial charge < -0.3 is 4.74 Å². The third kappa shape index (κ3) is 3.63. The number of rotatable bonds is 4. The van der Waals surface area contributed by atoms with Gasteiger partial charge in [0.1, 0.15) is 12.9 Å². The summed E-state index contributed by atoms with van der Waals surface area (Å²) >= 11 is 6.20. The third-order valence-corrected chi connectivity index (χ3v) is 6.01. The second kappa shape index (κ2) is 4.75. The van der Waals surface area contributed by atoms with Crippen molar-refractivity contribution in [1.29, 1.82) is 0 Å². The Balaban J connectivity index is 2.42. The number of hydrogen-bond donors (Lipinski definition) is 0. The molecule has 0 saturated heterocycles. The molecule has 1 aromatic rings. The van der Waals surface area contributed by atoms with Crippen molar-refractivity contribution in [3.63, 3.8) is 0 Å². The fourth-order valence-corrected chi connectivity index (χ4v) is 1.42. The first-order valence-electron chi connectivity index (χ1n) is 4.53. The van der Waals surface area contributed by atoms with Crippen LogP contribution in [0.3, 0.4) is 0 Å². The van der Waals surface area contributed by atoms with Gasteiger partial charge in [0.15, 0.2) is 0 Å². The summed E-state index contributed by atoms with van der Waals surface area (Å²) in [6.07, 6.45) is 3.12. The summed E-state index contributed by atoms with van der Waals surface area (Å²) in [6, 6.07) is 1.73. The molecule has 3 nitrogen and oxygen atoms in total. The van der Waals surface area contributed by atoms with Crippen molar-refractivity contribution in [3.05, 3.63) is 18.6 Å². The zero-order valence-electron chi connectivity index (χ0n) is 8.70. The lowest BCUT2D eigenvalue weighted by Crippen LogP contribution is -2.38. The fraction of sp³-hybridized carbons (Fsp3) is 0.556. The van der Waals surface area contributed by atoms with Crippen LogP contribution < -0.4 is 4.74 Å². The topological polar surface area (TPSA) is 35.0 Å². The van der Waals surface area contributed by atoms with Crippen molar-refractivity contribution in [3.8, 4) is 5.88 Å². The summed E-state index contributed by atoms with van der Waals surface area (Å²) in [7, 11) is -1.32. The molecule has 0 aliphatic rings. The minimum absolute atomic E-state index is 0.109. The normalized spacial score (nSPS) is 13.7. The smallest absolute Gasteiger partial charge is 0.216 e. The number of alkyl halides is 1. The molecular formula is C9H15ClN2OSi. The predicted molar refractivity (Wildman–Crippen MR) is 60.5 cm³/mol. The average Bonchev–Trinajstić information content (AvgIpc) is 2.14. The molecule has 0 saturated carbocycles. The van der Waals surface area contributed by atoms with Gasteiger partial charge in [-0.3, -0.25) is 0 Å². The van der Waals surface area contributed by atoms with Gasteiger partial charge in [0.05, 0.1) is 13.1 Å². The van der Waals surface area contributed by atoms with Gasteiger partial charge in [-0.25, -0.2) is 9.97 Å². The van der Waals surface area contributed by atoms with Crippen LogP contribution in [0.15, 0.2) is 18.6 Å². The highest BCUT2D eigenvalue weighted by Gasteiger charge is 2.25. The minimum Gasteiger partial charge on any atom is -0.476 e. The van der Waals surface area contributed by atoms with E-state index in [4.69, 9.17) is 16.3 Å². The van der Waals surface area contributed by atoms with Gasteiger partial charge in [-0.2, -0.15) is 0 Å². The monoisotopic (exact) mass is 230 g/mol. The SMILES string of the molecule is C[Si](C)(C)C(Cl)COc1ccncn1. The van der Waals surface area contributed by atoms with E-state index >= 15 is 0 Å². The van der Waals surface area contributed by atoms with Gasteiger partial charge in [0, 0.05) is 12.3 Å². The Bertz CT molecular complexity index is 276. The predicted octanol–water partition coefficient (Wildman–Crippen LogP) is 2.34. The molecule has 1 heterocycles. The first-order valence-corrected chi connectivity index (χ1v) is 8.54. The summed E-state index contributed by atoms with van der Waals surface area (Å²) in [4.78, 5) is 7.76. The van der Waals surface area contributed by atoms with E-state index in [0.717, 1.165) is 0 Å². The number of aromatic nitrogens is 2. The van der Waals surface area contributed by atoms with Gasteiger partial charge in [-0.15, -0.1) is 11.6 Å². The lowest BCUT2D eigenvalue weighted by atomic mass is 10.6. The summed E-state index contributed by atoms with van der Waals surface area (Å²) < 4.78 is 5.45. The van der Waals surface area contributed by atoms with Crippen molar-refractivity contribution in [2.75, 3.05) is 6.61 Å². The quantitative estimate of drug-likeness (QED) is 0.588. The maximum Gasteiger partial charge on any atom is 0.216 e. The zero-order valence-corrected chi connectivity index (χ0v) is 10.5. The van der Waals surface area contributed by atoms with Crippen LogP contribution in [0.25, 0.3) is 0 Å². The summed E-state index contributed by atoms with van der Waals surface area (Å²) in [5.74, 6) is 0.587. The molecule has 1 atom stereocenters. The Morgan fingerprint density at radius 2 is 2.21 bits per heavy atom. The zero-order chi connectivity index (χ0) is 10.6. The Labute approximate surface area is 90.5 Å². The lowest BCUT2D eigenvalue weighted by Gasteiger charge is -2.22. The Kier molecular flexibility index (Phi) is 3.89. The summed E-state index contributed by atoms with van der Waals surface area (Å²) in [6.45, 7) is 7.17. The average molecular weight is 231 g/mol. The maximum atomic E-state index is 6.20. The van der Waals surface area contributed by atoms with Crippen molar-refractivity contribution in [1.82, 2.24) is 9.97 Å². The van der Waals surface area contributed by atoms with Gasteiger partial charge in [0.2, 0.25) is 5.88 Å². The van der Waals surface area contributed by atoms with Crippen LogP contribution in [0.4, 0.5) is 0 Å². The maximum absolute atomic E-state index is 6.20. The highest BCUT2D eigenvalue weighted by Crippen LogP contribution is 2.15. The molecule has 0 fully saturated rings. The second-order valence-electron chi connectivity index (χ2n) is 4.19. The van der Waals surface area contributed by atoms with Crippen LogP contribution in [0.1, 0.15) is 0 Å². The number of hydrogen-bond acceptors (Lipinski definition) is 3. The van der Waals surface area contributed by atoms with Crippen LogP contribution in [0, 0.1) is 0 Å². The highest BCUT2D eigenvalue weighted by atomic mass is 35.5. The van der Waals surface area contributed by atoms with Gasteiger partial charge in [-0.1, -0.05) is 19.6 Å². The molecule has 14 heavy (non-hydrogen) atoms. The van der Waals surface area contributed by atoms with E-state index in [2.05, 4.69) is 29.6 Å². The van der Waals surface area contributed by atoms with Crippen molar-refractivity contribution in [2.24, 2.45) is 0 Å². The van der Waals surface area contributed by atoms with E-state index in [1.54, 1.807) is 12.3 Å². The highest BCUT2D eigenvalue weighted by molar-refractivity contribution is 6.83. The van der Waals surface area contributed by atoms with Gasteiger partial charge >= 0.3 is 0 Å². The summed E-state index contributed by atoms with van der Waals surface area (Å²) in [5.41, 5.74) is 0. The van der Waals surface area contributed by atoms with E-state index < -0.39 is 8.07 Å². The molecule has 0 bridgehead atoms. The van der Waals surface area contributed by atoms with Crippen LogP contribution in [-0.4, -0.2) is 29.6 Å². The molecule has 1 aromatic heterocycles. The molecule has 0 aliphatic carbocycles. The van der Waals surface area contributed by atoms with E-state index in [-0.39, 0.29) is 5.00 Å². The number of nitrogens with zero attached hydrogens (tertiary/aromatic N) is 2. The Morgan fingerprint density at radius 1 is 1.50 bits per heavy atom. The molecule has 0 radical (unpaired) electrons. The molecular weight excluding hydrogens is 216 g/mol. The van der Waals surface area contributed by atoms with Crippen LogP contribution in [0.2, 0.25) is 19.6 Å². The Morgan fingerprint density at radius 3 is 2.71 bits per heavy atom. The number of ether oxygens (including phenoxy) is 1. The van der Waals surface area contributed by atoms with Crippen molar-refractivity contribution >= 4 is 19.7 Å². The standard InChI is InChI=1S/C9H15ClN2OSi/c1-14(2,3)8(10)6-13-9-4-5-11-7-12-9/h4-5,7-8H,6H2,1-3H3. The molecule has 0 N–H and O–H groups in total. The first kappa shape index (κ1) is 11.5. The molecule has 0 spiro atoms. The number of halogens is 1. The molecule has 0 aliphatic heterocycles. The molecule has 5 heteroatoms. The largest absolute Gasteiger partial charge is 0.476 e. The Hall–Kier alpha value is -0.613. The molecule has 1 rings (SSSR count). The third-order valence-electron chi connectivity index (χ3n) is 1.87. The molecule has 78 valence electrons.